The smallest absolute Gasteiger partial charge is 0.143 e. The zero-order valence-electron chi connectivity index (χ0n) is 26.5. The van der Waals surface area contributed by atoms with Crippen molar-refractivity contribution in [2.45, 2.75) is 19.3 Å². The molecule has 0 saturated carbocycles. The summed E-state index contributed by atoms with van der Waals surface area (Å²) < 4.78 is 11.6. The van der Waals surface area contributed by atoms with E-state index in [2.05, 4.69) is 152 Å². The molecule has 0 spiro atoms. The number of para-hydroxylation sites is 3. The monoisotopic (exact) mass is 631 g/mol. The van der Waals surface area contributed by atoms with Crippen molar-refractivity contribution in [2.75, 3.05) is 0 Å². The summed E-state index contributed by atoms with van der Waals surface area (Å²) in [4.78, 5) is 0. The first-order valence-electron chi connectivity index (χ1n) is 16.6. The predicted molar refractivity (Wildman–Crippen MR) is 204 cm³/mol. The minimum Gasteiger partial charge on any atom is -0.455 e. The molecule has 0 fully saturated rings. The first-order valence-corrected chi connectivity index (χ1v) is 17.4. The molecule has 226 valence electrons. The number of benzene rings is 7. The maximum Gasteiger partial charge on any atom is 0.143 e. The normalized spacial score (nSPS) is 13.8. The molecular formula is C45H29NOS. The Labute approximate surface area is 281 Å². The first kappa shape index (κ1) is 26.4. The fraction of sp³-hybridized carbons (Fsp3) is 0.0667. The van der Waals surface area contributed by atoms with Gasteiger partial charge in [0.15, 0.2) is 0 Å². The van der Waals surface area contributed by atoms with Gasteiger partial charge in [0.2, 0.25) is 0 Å². The van der Waals surface area contributed by atoms with Crippen LogP contribution in [0.3, 0.4) is 0 Å². The van der Waals surface area contributed by atoms with Crippen LogP contribution in [0.4, 0.5) is 0 Å². The molecule has 0 saturated heterocycles. The first-order chi connectivity index (χ1) is 23.6. The molecular weight excluding hydrogens is 603 g/mol. The van der Waals surface area contributed by atoms with Crippen molar-refractivity contribution in [1.82, 2.24) is 4.57 Å². The number of nitrogens with zero attached hydrogens (tertiary/aromatic N) is 1. The summed E-state index contributed by atoms with van der Waals surface area (Å²) in [5.41, 5.74) is 13.3. The summed E-state index contributed by atoms with van der Waals surface area (Å²) in [5.74, 6) is 0. The molecule has 7 aromatic carbocycles. The van der Waals surface area contributed by atoms with Gasteiger partial charge < -0.3 is 8.98 Å². The van der Waals surface area contributed by atoms with Crippen LogP contribution < -0.4 is 0 Å². The van der Waals surface area contributed by atoms with E-state index in [1.54, 1.807) is 0 Å². The third kappa shape index (κ3) is 3.31. The van der Waals surface area contributed by atoms with Gasteiger partial charge in [-0.25, -0.2) is 0 Å². The fourth-order valence-electron chi connectivity index (χ4n) is 8.72. The van der Waals surface area contributed by atoms with Crippen molar-refractivity contribution < 1.29 is 4.42 Å². The summed E-state index contributed by atoms with van der Waals surface area (Å²) >= 11 is 1.87. The van der Waals surface area contributed by atoms with Gasteiger partial charge in [0.25, 0.3) is 0 Å². The molecule has 0 unspecified atom stereocenters. The van der Waals surface area contributed by atoms with Crippen molar-refractivity contribution in [3.63, 3.8) is 0 Å². The highest BCUT2D eigenvalue weighted by Gasteiger charge is 2.38. The second-order valence-electron chi connectivity index (χ2n) is 13.6. The molecule has 0 bridgehead atoms. The van der Waals surface area contributed by atoms with E-state index in [1.807, 2.05) is 17.4 Å². The number of aromatic nitrogens is 1. The largest absolute Gasteiger partial charge is 0.455 e. The van der Waals surface area contributed by atoms with Crippen molar-refractivity contribution in [3.05, 3.63) is 151 Å². The van der Waals surface area contributed by atoms with E-state index in [0.29, 0.717) is 0 Å². The summed E-state index contributed by atoms with van der Waals surface area (Å²) in [6.45, 7) is 4.78. The van der Waals surface area contributed by atoms with Crippen molar-refractivity contribution in [2.24, 2.45) is 0 Å². The molecule has 3 aromatic heterocycles. The molecule has 0 amide bonds. The van der Waals surface area contributed by atoms with E-state index < -0.39 is 0 Å². The molecule has 48 heavy (non-hydrogen) atoms. The van der Waals surface area contributed by atoms with Gasteiger partial charge in [-0.05, 0) is 64.2 Å². The van der Waals surface area contributed by atoms with Crippen LogP contribution in [0.15, 0.2) is 144 Å². The van der Waals surface area contributed by atoms with Crippen LogP contribution in [0.2, 0.25) is 0 Å². The maximum absolute atomic E-state index is 6.54. The number of thiophene rings is 1. The molecule has 3 heterocycles. The standard InChI is InChI=1S/C45H29NOS/c1-45(2)36-17-6-3-11-27(36)31-22-23-32-28-12-4-7-18-37(28)46(43(32)42(31)45)26-21-24-39-35(25-26)41-30(14-10-20-40(41)48-39)34-16-9-15-33-29-13-5-8-19-38(29)47-44(33)34/h3-25H,1-2H3. The molecule has 3 heteroatoms. The zero-order chi connectivity index (χ0) is 31.7. The van der Waals surface area contributed by atoms with Gasteiger partial charge in [-0.3, -0.25) is 0 Å². The Morgan fingerprint density at radius 2 is 1.29 bits per heavy atom. The van der Waals surface area contributed by atoms with Gasteiger partial charge in [-0.15, -0.1) is 11.3 Å². The molecule has 1 aliphatic carbocycles. The predicted octanol–water partition coefficient (Wildman–Crippen LogP) is 13.0. The van der Waals surface area contributed by atoms with Crippen molar-refractivity contribution in [1.29, 1.82) is 0 Å². The van der Waals surface area contributed by atoms with E-state index in [9.17, 15) is 0 Å². The van der Waals surface area contributed by atoms with E-state index in [-0.39, 0.29) is 5.41 Å². The maximum atomic E-state index is 6.54. The fourth-order valence-corrected chi connectivity index (χ4v) is 9.83. The highest BCUT2D eigenvalue weighted by molar-refractivity contribution is 7.26. The van der Waals surface area contributed by atoms with Crippen LogP contribution in [-0.4, -0.2) is 4.57 Å². The third-order valence-electron chi connectivity index (χ3n) is 10.8. The van der Waals surface area contributed by atoms with E-state index in [1.165, 1.54) is 75.5 Å². The molecule has 0 radical (unpaired) electrons. The molecule has 1 aliphatic rings. The van der Waals surface area contributed by atoms with Gasteiger partial charge in [0.05, 0.1) is 11.0 Å². The van der Waals surface area contributed by atoms with Crippen LogP contribution >= 0.6 is 11.3 Å². The Hall–Kier alpha value is -5.64. The Morgan fingerprint density at radius 3 is 2.23 bits per heavy atom. The van der Waals surface area contributed by atoms with Crippen LogP contribution in [0.25, 0.3) is 91.9 Å². The lowest BCUT2D eigenvalue weighted by Gasteiger charge is -2.23. The molecule has 0 N–H and O–H groups in total. The van der Waals surface area contributed by atoms with E-state index in [0.717, 1.165) is 27.5 Å². The quantitative estimate of drug-likeness (QED) is 0.186. The SMILES string of the molecule is CC1(C)c2ccccc2-c2ccc3c4ccccc4n(-c4ccc5sc6cccc(-c7cccc8c7oc7ccccc78)c6c5c4)c3c21. The second-order valence-corrected chi connectivity index (χ2v) is 14.7. The minimum atomic E-state index is -0.130. The van der Waals surface area contributed by atoms with Gasteiger partial charge in [0, 0.05) is 58.4 Å². The van der Waals surface area contributed by atoms with Gasteiger partial charge >= 0.3 is 0 Å². The Kier molecular flexibility index (Phi) is 5.09. The lowest BCUT2D eigenvalue weighted by atomic mass is 9.81. The Balaban J connectivity index is 1.23. The second kappa shape index (κ2) is 9.25. The number of fused-ring (bicyclic) bond motifs is 13. The lowest BCUT2D eigenvalue weighted by Crippen LogP contribution is -2.16. The molecule has 0 aliphatic heterocycles. The van der Waals surface area contributed by atoms with Crippen LogP contribution in [-0.2, 0) is 5.41 Å². The topological polar surface area (TPSA) is 18.1 Å². The van der Waals surface area contributed by atoms with Gasteiger partial charge in [0.1, 0.15) is 11.2 Å². The summed E-state index contributed by atoms with van der Waals surface area (Å²) in [7, 11) is 0. The Morgan fingerprint density at radius 1 is 0.542 bits per heavy atom. The van der Waals surface area contributed by atoms with Crippen molar-refractivity contribution >= 4 is 75.3 Å². The molecule has 2 nitrogen and oxygen atoms in total. The van der Waals surface area contributed by atoms with Crippen molar-refractivity contribution in [3.8, 4) is 27.9 Å². The van der Waals surface area contributed by atoms with Crippen LogP contribution in [0.1, 0.15) is 25.0 Å². The number of hydrogen-bond acceptors (Lipinski definition) is 2. The lowest BCUT2D eigenvalue weighted by molar-refractivity contribution is 0.664. The number of furan rings is 1. The van der Waals surface area contributed by atoms with Gasteiger partial charge in [-0.2, -0.15) is 0 Å². The van der Waals surface area contributed by atoms with E-state index >= 15 is 0 Å². The molecule has 10 aromatic rings. The third-order valence-corrected chi connectivity index (χ3v) is 11.9. The molecule has 11 rings (SSSR count). The summed E-state index contributed by atoms with van der Waals surface area (Å²) in [6.07, 6.45) is 0. The van der Waals surface area contributed by atoms with Gasteiger partial charge in [-0.1, -0.05) is 117 Å². The Bertz CT molecular complexity index is 2990. The summed E-state index contributed by atoms with van der Waals surface area (Å²) in [5, 5.41) is 7.46. The molecule has 0 atom stereocenters. The minimum absolute atomic E-state index is 0.130. The average Bonchev–Trinajstić information content (AvgIpc) is 3.85. The van der Waals surface area contributed by atoms with Crippen LogP contribution in [0, 0.1) is 0 Å². The zero-order valence-corrected chi connectivity index (χ0v) is 27.4. The van der Waals surface area contributed by atoms with E-state index in [4.69, 9.17) is 4.42 Å². The highest BCUT2D eigenvalue weighted by Crippen LogP contribution is 2.53. The number of rotatable bonds is 2. The average molecular weight is 632 g/mol. The summed E-state index contributed by atoms with van der Waals surface area (Å²) in [6, 6.07) is 51.2. The number of hydrogen-bond donors (Lipinski definition) is 0. The highest BCUT2D eigenvalue weighted by atomic mass is 32.1. The van der Waals surface area contributed by atoms with Crippen LogP contribution in [0.5, 0.6) is 0 Å².